The minimum absolute atomic E-state index is 0.0257. The zero-order valence-electron chi connectivity index (χ0n) is 14.5. The molecule has 4 rings (SSSR count). The number of nitrogens with two attached hydrogens (primary N) is 1. The number of fused-ring (bicyclic) bond motifs is 1. The van der Waals surface area contributed by atoms with Gasteiger partial charge in [-0.25, -0.2) is 18.8 Å². The number of amidine groups is 1. The number of halogens is 2. The molecule has 1 unspecified atom stereocenters. The number of nitriles is 1. The van der Waals surface area contributed by atoms with Gasteiger partial charge in [-0.15, -0.1) is 0 Å². The number of ether oxygens (including phenoxy) is 1. The molecule has 1 aromatic carbocycles. The van der Waals surface area contributed by atoms with Crippen LogP contribution in [0.25, 0.3) is 10.9 Å². The zero-order valence-corrected chi connectivity index (χ0v) is 14.5. The average Bonchev–Trinajstić information content (AvgIpc) is 2.71. The van der Waals surface area contributed by atoms with Gasteiger partial charge in [0.2, 0.25) is 0 Å². The fourth-order valence-corrected chi connectivity index (χ4v) is 3.01. The number of benzene rings is 1. The second kappa shape index (κ2) is 7.08. The van der Waals surface area contributed by atoms with Crippen LogP contribution in [-0.2, 0) is 4.74 Å². The lowest BCUT2D eigenvalue weighted by Gasteiger charge is -2.20. The monoisotopic (exact) mass is 380 g/mol. The highest BCUT2D eigenvalue weighted by atomic mass is 19.1. The van der Waals surface area contributed by atoms with Crippen LogP contribution >= 0.6 is 0 Å². The number of nitrogens with zero attached hydrogens (tertiary/aromatic N) is 4. The lowest BCUT2D eigenvalue weighted by atomic mass is 10.0. The van der Waals surface area contributed by atoms with Gasteiger partial charge in [0.15, 0.2) is 11.6 Å². The van der Waals surface area contributed by atoms with E-state index in [1.165, 1.54) is 24.4 Å². The molecule has 1 aliphatic rings. The molecule has 0 radical (unpaired) electrons. The van der Waals surface area contributed by atoms with E-state index in [0.717, 1.165) is 6.20 Å². The lowest BCUT2D eigenvalue weighted by Crippen LogP contribution is -2.24. The van der Waals surface area contributed by atoms with Crippen LogP contribution in [0, 0.1) is 23.0 Å². The minimum atomic E-state index is -0.586. The number of rotatable bonds is 3. The van der Waals surface area contributed by atoms with Crippen molar-refractivity contribution in [1.29, 1.82) is 5.26 Å². The minimum Gasteiger partial charge on any atom is -0.465 e. The summed E-state index contributed by atoms with van der Waals surface area (Å²) in [5.74, 6) is -0.715. The standard InChI is InChI=1S/C19H14F2N6O/c20-14-2-1-11(6-12(14)16-3-4-28-19(23)27-16)26-18-17-13(15(21)9-25-18)5-10(7-22)8-24-17/h1-2,5-6,8-9,16H,3-4H2,(H2,23,27)(H,25,26). The molecular weight excluding hydrogens is 366 g/mol. The van der Waals surface area contributed by atoms with Crippen LogP contribution in [0.15, 0.2) is 41.7 Å². The summed E-state index contributed by atoms with van der Waals surface area (Å²) in [4.78, 5) is 12.3. The maximum absolute atomic E-state index is 14.3. The summed E-state index contributed by atoms with van der Waals surface area (Å²) >= 11 is 0. The topological polar surface area (TPSA) is 109 Å². The van der Waals surface area contributed by atoms with Crippen LogP contribution in [-0.4, -0.2) is 22.6 Å². The van der Waals surface area contributed by atoms with Gasteiger partial charge in [-0.2, -0.15) is 5.26 Å². The van der Waals surface area contributed by atoms with E-state index in [4.69, 9.17) is 15.7 Å². The highest BCUT2D eigenvalue weighted by Crippen LogP contribution is 2.31. The number of anilines is 2. The van der Waals surface area contributed by atoms with E-state index in [1.807, 2.05) is 6.07 Å². The van der Waals surface area contributed by atoms with Crippen molar-refractivity contribution in [3.05, 3.63) is 59.4 Å². The summed E-state index contributed by atoms with van der Waals surface area (Å²) in [5, 5.41) is 12.2. The molecule has 3 heterocycles. The fourth-order valence-electron chi connectivity index (χ4n) is 3.01. The maximum atomic E-state index is 14.3. The van der Waals surface area contributed by atoms with Gasteiger partial charge in [0.1, 0.15) is 17.4 Å². The molecule has 0 spiro atoms. The smallest absolute Gasteiger partial charge is 0.282 e. The molecule has 9 heteroatoms. The summed E-state index contributed by atoms with van der Waals surface area (Å²) in [7, 11) is 0. The molecule has 140 valence electrons. The Morgan fingerprint density at radius 2 is 2.04 bits per heavy atom. The van der Waals surface area contributed by atoms with Crippen LogP contribution in [0.2, 0.25) is 0 Å². The third kappa shape index (κ3) is 3.27. The van der Waals surface area contributed by atoms with Crippen LogP contribution in [0.5, 0.6) is 0 Å². The Morgan fingerprint density at radius 3 is 2.82 bits per heavy atom. The Balaban J connectivity index is 1.72. The largest absolute Gasteiger partial charge is 0.465 e. The first kappa shape index (κ1) is 17.6. The summed E-state index contributed by atoms with van der Waals surface area (Å²) < 4.78 is 33.5. The van der Waals surface area contributed by atoms with Crippen molar-refractivity contribution in [1.82, 2.24) is 9.97 Å². The van der Waals surface area contributed by atoms with Crippen LogP contribution < -0.4 is 11.1 Å². The molecule has 3 N–H and O–H groups in total. The Labute approximate surface area is 158 Å². The number of aromatic nitrogens is 2. The van der Waals surface area contributed by atoms with Crippen molar-refractivity contribution < 1.29 is 13.5 Å². The number of hydrogen-bond donors (Lipinski definition) is 2. The predicted molar refractivity (Wildman–Crippen MR) is 98.8 cm³/mol. The summed E-state index contributed by atoms with van der Waals surface area (Å²) in [6.45, 7) is 0.354. The van der Waals surface area contributed by atoms with Crippen molar-refractivity contribution in [2.45, 2.75) is 12.5 Å². The molecular formula is C19H14F2N6O. The van der Waals surface area contributed by atoms with Crippen molar-refractivity contribution in [3.8, 4) is 6.07 Å². The Hall–Kier alpha value is -3.80. The SMILES string of the molecule is N#Cc1cnc2c(Nc3ccc(F)c(C4CCOC(N)=N4)c3)ncc(F)c2c1. The summed E-state index contributed by atoms with van der Waals surface area (Å²) in [6.07, 6.45) is 2.88. The molecule has 0 aliphatic carbocycles. The van der Waals surface area contributed by atoms with Gasteiger partial charge in [0, 0.05) is 29.3 Å². The summed E-state index contributed by atoms with van der Waals surface area (Å²) in [6, 6.07) is 7.34. The highest BCUT2D eigenvalue weighted by Gasteiger charge is 2.20. The molecule has 0 amide bonds. The van der Waals surface area contributed by atoms with Crippen molar-refractivity contribution in [2.75, 3.05) is 11.9 Å². The van der Waals surface area contributed by atoms with Gasteiger partial charge >= 0.3 is 0 Å². The predicted octanol–water partition coefficient (Wildman–Crippen LogP) is 3.30. The second-order valence-corrected chi connectivity index (χ2v) is 6.17. The zero-order chi connectivity index (χ0) is 19.7. The molecule has 2 aromatic heterocycles. The highest BCUT2D eigenvalue weighted by molar-refractivity contribution is 5.90. The van der Waals surface area contributed by atoms with E-state index < -0.39 is 17.7 Å². The second-order valence-electron chi connectivity index (χ2n) is 6.17. The fraction of sp³-hybridized carbons (Fsp3) is 0.158. The third-order valence-electron chi connectivity index (χ3n) is 4.35. The molecule has 7 nitrogen and oxygen atoms in total. The first-order valence-electron chi connectivity index (χ1n) is 8.42. The van der Waals surface area contributed by atoms with Gasteiger partial charge in [-0.1, -0.05) is 0 Å². The first-order valence-corrected chi connectivity index (χ1v) is 8.42. The molecule has 3 aromatic rings. The number of hydrogen-bond acceptors (Lipinski definition) is 7. The van der Waals surface area contributed by atoms with E-state index in [-0.39, 0.29) is 28.3 Å². The van der Waals surface area contributed by atoms with Gasteiger partial charge in [0.25, 0.3) is 6.02 Å². The maximum Gasteiger partial charge on any atom is 0.282 e. The average molecular weight is 380 g/mol. The van der Waals surface area contributed by atoms with Gasteiger partial charge in [0.05, 0.1) is 24.4 Å². The molecule has 1 aliphatic heterocycles. The summed E-state index contributed by atoms with van der Waals surface area (Å²) in [5.41, 5.74) is 6.98. The molecule has 0 saturated heterocycles. The first-order chi connectivity index (χ1) is 13.5. The number of nitrogens with one attached hydrogen (secondary N) is 1. The molecule has 0 bridgehead atoms. The molecule has 0 saturated carbocycles. The lowest BCUT2D eigenvalue weighted by molar-refractivity contribution is 0.255. The van der Waals surface area contributed by atoms with E-state index in [1.54, 1.807) is 6.07 Å². The van der Waals surface area contributed by atoms with Gasteiger partial charge < -0.3 is 15.8 Å². The molecule has 28 heavy (non-hydrogen) atoms. The quantitative estimate of drug-likeness (QED) is 0.722. The molecule has 0 fully saturated rings. The Kier molecular flexibility index (Phi) is 4.45. The van der Waals surface area contributed by atoms with Gasteiger partial charge in [-0.3, -0.25) is 4.98 Å². The van der Waals surface area contributed by atoms with Crippen molar-refractivity contribution in [3.63, 3.8) is 0 Å². The van der Waals surface area contributed by atoms with E-state index in [0.29, 0.717) is 24.3 Å². The van der Waals surface area contributed by atoms with E-state index in [2.05, 4.69) is 20.3 Å². The normalized spacial score (nSPS) is 16.2. The van der Waals surface area contributed by atoms with E-state index >= 15 is 0 Å². The molecule has 1 atom stereocenters. The Morgan fingerprint density at radius 1 is 1.18 bits per heavy atom. The van der Waals surface area contributed by atoms with Crippen LogP contribution in [0.4, 0.5) is 20.3 Å². The Bertz CT molecular complexity index is 1140. The van der Waals surface area contributed by atoms with Crippen LogP contribution in [0.3, 0.4) is 0 Å². The number of aliphatic imine (C=N–C) groups is 1. The van der Waals surface area contributed by atoms with Gasteiger partial charge in [-0.05, 0) is 24.3 Å². The number of pyridine rings is 2. The van der Waals surface area contributed by atoms with Crippen molar-refractivity contribution in [2.24, 2.45) is 10.7 Å². The van der Waals surface area contributed by atoms with Crippen LogP contribution in [0.1, 0.15) is 23.6 Å². The van der Waals surface area contributed by atoms with Crippen molar-refractivity contribution >= 4 is 28.4 Å². The third-order valence-corrected chi connectivity index (χ3v) is 4.35. The van der Waals surface area contributed by atoms with E-state index in [9.17, 15) is 8.78 Å².